The van der Waals surface area contributed by atoms with Gasteiger partial charge in [-0.05, 0) is 30.8 Å². The first-order chi connectivity index (χ1) is 17.9. The zero-order valence-electron chi connectivity index (χ0n) is 20.8. The zero-order chi connectivity index (χ0) is 25.6. The van der Waals surface area contributed by atoms with Crippen molar-refractivity contribution in [1.29, 1.82) is 0 Å². The first-order valence-electron chi connectivity index (χ1n) is 12.2. The Kier molecular flexibility index (Phi) is 6.06. The minimum absolute atomic E-state index is 0.109. The smallest absolute Gasteiger partial charge is 0.229 e. The summed E-state index contributed by atoms with van der Waals surface area (Å²) in [6, 6.07) is 10.1. The molecule has 6 rings (SSSR count). The van der Waals surface area contributed by atoms with E-state index >= 15 is 0 Å². The van der Waals surface area contributed by atoms with Crippen molar-refractivity contribution >= 4 is 48.8 Å². The average Bonchev–Trinajstić information content (AvgIpc) is 3.51. The van der Waals surface area contributed by atoms with Crippen LogP contribution in [-0.4, -0.2) is 85.2 Å². The molecule has 1 aromatic carbocycles. The standard InChI is InChI=1S/C26H28N6O4S/c1-31(10-13-37(2,33)34)16-17-14-20-22-23(36-26(20)28-15-17)25(32-8-11-35-12-9-32)30-24(29-22)19-4-3-5-21-18(19)6-7-27-21/h3-7,14-15,27H,8-13,16H2,1-2H3. The fourth-order valence-electron chi connectivity index (χ4n) is 4.75. The molecule has 1 N–H and O–H groups in total. The van der Waals surface area contributed by atoms with Crippen molar-refractivity contribution in [3.63, 3.8) is 0 Å². The number of rotatable bonds is 7. The van der Waals surface area contributed by atoms with Crippen LogP contribution in [0.2, 0.25) is 0 Å². The lowest BCUT2D eigenvalue weighted by molar-refractivity contribution is 0.122. The highest BCUT2D eigenvalue weighted by Crippen LogP contribution is 2.36. The lowest BCUT2D eigenvalue weighted by Crippen LogP contribution is -2.37. The van der Waals surface area contributed by atoms with Crippen LogP contribution in [0.1, 0.15) is 5.56 Å². The molecule has 10 nitrogen and oxygen atoms in total. The van der Waals surface area contributed by atoms with E-state index in [9.17, 15) is 8.42 Å². The fraction of sp³-hybridized carbons (Fsp3) is 0.346. The van der Waals surface area contributed by atoms with Gasteiger partial charge in [0, 0.05) is 61.3 Å². The molecule has 1 fully saturated rings. The van der Waals surface area contributed by atoms with E-state index in [2.05, 4.69) is 14.9 Å². The van der Waals surface area contributed by atoms with Gasteiger partial charge in [0.05, 0.1) is 24.4 Å². The second-order valence-electron chi connectivity index (χ2n) is 9.56. The van der Waals surface area contributed by atoms with E-state index in [0.29, 0.717) is 62.0 Å². The SMILES string of the molecule is CN(CCS(C)(=O)=O)Cc1cnc2oc3c(N4CCOCC4)nc(-c4cccc5[nH]ccc45)nc3c2c1. The zero-order valence-corrected chi connectivity index (χ0v) is 21.6. The summed E-state index contributed by atoms with van der Waals surface area (Å²) in [5, 5.41) is 1.86. The van der Waals surface area contributed by atoms with Crippen LogP contribution in [0.25, 0.3) is 44.5 Å². The molecule has 0 spiro atoms. The largest absolute Gasteiger partial charge is 0.432 e. The lowest BCUT2D eigenvalue weighted by atomic mass is 10.1. The van der Waals surface area contributed by atoms with Gasteiger partial charge in [0.1, 0.15) is 15.4 Å². The van der Waals surface area contributed by atoms with Crippen LogP contribution in [0.15, 0.2) is 47.1 Å². The van der Waals surface area contributed by atoms with Gasteiger partial charge in [-0.2, -0.15) is 0 Å². The highest BCUT2D eigenvalue weighted by molar-refractivity contribution is 7.90. The van der Waals surface area contributed by atoms with Crippen molar-refractivity contribution in [2.75, 3.05) is 56.8 Å². The van der Waals surface area contributed by atoms with Crippen LogP contribution in [0, 0.1) is 0 Å². The molecule has 0 unspecified atom stereocenters. The normalized spacial score (nSPS) is 14.9. The third-order valence-corrected chi connectivity index (χ3v) is 7.58. The number of benzene rings is 1. The molecule has 192 valence electrons. The van der Waals surface area contributed by atoms with Crippen molar-refractivity contribution in [3.05, 3.63) is 48.3 Å². The monoisotopic (exact) mass is 520 g/mol. The number of anilines is 1. The quantitative estimate of drug-likeness (QED) is 0.345. The van der Waals surface area contributed by atoms with E-state index in [4.69, 9.17) is 19.1 Å². The van der Waals surface area contributed by atoms with E-state index in [0.717, 1.165) is 33.2 Å². The molecule has 5 aromatic rings. The minimum atomic E-state index is -3.03. The van der Waals surface area contributed by atoms with Crippen molar-refractivity contribution in [2.45, 2.75) is 6.54 Å². The molecular weight excluding hydrogens is 492 g/mol. The van der Waals surface area contributed by atoms with Crippen LogP contribution in [0.5, 0.6) is 0 Å². The molecule has 11 heteroatoms. The molecule has 0 bridgehead atoms. The van der Waals surface area contributed by atoms with Gasteiger partial charge in [-0.1, -0.05) is 12.1 Å². The van der Waals surface area contributed by atoms with E-state index in [1.165, 1.54) is 6.26 Å². The minimum Gasteiger partial charge on any atom is -0.432 e. The van der Waals surface area contributed by atoms with Gasteiger partial charge in [0.2, 0.25) is 5.71 Å². The number of nitrogens with one attached hydrogen (secondary N) is 1. The number of nitrogens with zero attached hydrogens (tertiary/aromatic N) is 5. The highest BCUT2D eigenvalue weighted by Gasteiger charge is 2.24. The van der Waals surface area contributed by atoms with E-state index in [1.54, 1.807) is 6.20 Å². The van der Waals surface area contributed by atoms with Crippen LogP contribution in [-0.2, 0) is 21.1 Å². The number of fused-ring (bicyclic) bond motifs is 4. The van der Waals surface area contributed by atoms with Gasteiger partial charge in [-0.25, -0.2) is 23.4 Å². The summed E-state index contributed by atoms with van der Waals surface area (Å²) in [6.45, 7) is 3.66. The van der Waals surface area contributed by atoms with E-state index < -0.39 is 9.84 Å². The first kappa shape index (κ1) is 23.8. The maximum atomic E-state index is 11.6. The molecular formula is C26H28N6O4S. The average molecular weight is 521 g/mol. The fourth-order valence-corrected chi connectivity index (χ4v) is 5.39. The number of sulfone groups is 1. The van der Waals surface area contributed by atoms with Crippen molar-refractivity contribution in [3.8, 4) is 11.4 Å². The van der Waals surface area contributed by atoms with Gasteiger partial charge in [0.15, 0.2) is 17.2 Å². The number of furan rings is 1. The molecule has 0 aliphatic carbocycles. The summed E-state index contributed by atoms with van der Waals surface area (Å²) in [7, 11) is -1.13. The Hall–Kier alpha value is -3.54. The van der Waals surface area contributed by atoms with Gasteiger partial charge < -0.3 is 23.9 Å². The highest BCUT2D eigenvalue weighted by atomic mass is 32.2. The Morgan fingerprint density at radius 3 is 2.78 bits per heavy atom. The topological polar surface area (TPSA) is 117 Å². The molecule has 0 amide bonds. The molecule has 0 saturated carbocycles. The van der Waals surface area contributed by atoms with Gasteiger partial charge >= 0.3 is 0 Å². The van der Waals surface area contributed by atoms with Gasteiger partial charge in [0.25, 0.3) is 0 Å². The number of aromatic nitrogens is 4. The molecule has 0 radical (unpaired) electrons. The number of aromatic amines is 1. The lowest BCUT2D eigenvalue weighted by Gasteiger charge is -2.27. The Labute approximate surface area is 214 Å². The molecule has 1 aliphatic heterocycles. The van der Waals surface area contributed by atoms with E-state index in [1.807, 2.05) is 48.5 Å². The first-order valence-corrected chi connectivity index (χ1v) is 14.3. The summed E-state index contributed by atoms with van der Waals surface area (Å²) in [5.41, 5.74) is 4.73. The Bertz CT molecular complexity index is 1700. The predicted molar refractivity (Wildman–Crippen MR) is 143 cm³/mol. The number of ether oxygens (including phenoxy) is 1. The van der Waals surface area contributed by atoms with Crippen LogP contribution in [0.4, 0.5) is 5.82 Å². The third kappa shape index (κ3) is 4.77. The van der Waals surface area contributed by atoms with Crippen molar-refractivity contribution in [1.82, 2.24) is 24.8 Å². The molecule has 4 aromatic heterocycles. The Balaban J connectivity index is 1.47. The van der Waals surface area contributed by atoms with E-state index in [-0.39, 0.29) is 5.75 Å². The summed E-state index contributed by atoms with van der Waals surface area (Å²) < 4.78 is 35.0. The maximum Gasteiger partial charge on any atom is 0.229 e. The molecule has 1 saturated heterocycles. The summed E-state index contributed by atoms with van der Waals surface area (Å²) in [5.74, 6) is 1.47. The molecule has 1 aliphatic rings. The van der Waals surface area contributed by atoms with Crippen molar-refractivity contribution in [2.24, 2.45) is 0 Å². The number of hydrogen-bond acceptors (Lipinski definition) is 9. The Morgan fingerprint density at radius 1 is 1.14 bits per heavy atom. The second-order valence-corrected chi connectivity index (χ2v) is 11.8. The van der Waals surface area contributed by atoms with Gasteiger partial charge in [-0.15, -0.1) is 0 Å². The summed E-state index contributed by atoms with van der Waals surface area (Å²) in [4.78, 5) is 22.0. The van der Waals surface area contributed by atoms with Crippen LogP contribution in [0.3, 0.4) is 0 Å². The van der Waals surface area contributed by atoms with Crippen LogP contribution >= 0.6 is 0 Å². The number of morpholine rings is 1. The van der Waals surface area contributed by atoms with Gasteiger partial charge in [-0.3, -0.25) is 0 Å². The van der Waals surface area contributed by atoms with Crippen molar-refractivity contribution < 1.29 is 17.6 Å². The number of pyridine rings is 1. The Morgan fingerprint density at radius 2 is 1.97 bits per heavy atom. The molecule has 0 atom stereocenters. The molecule has 37 heavy (non-hydrogen) atoms. The third-order valence-electron chi connectivity index (χ3n) is 6.65. The summed E-state index contributed by atoms with van der Waals surface area (Å²) >= 11 is 0. The van der Waals surface area contributed by atoms with Crippen LogP contribution < -0.4 is 4.90 Å². The number of H-pyrrole nitrogens is 1. The maximum absolute atomic E-state index is 11.6. The second kappa shape index (κ2) is 9.40. The molecule has 5 heterocycles. The predicted octanol–water partition coefficient (Wildman–Crippen LogP) is 3.23. The number of hydrogen-bond donors (Lipinski definition) is 1. The summed E-state index contributed by atoms with van der Waals surface area (Å²) in [6.07, 6.45) is 4.94.